The van der Waals surface area contributed by atoms with Gasteiger partial charge in [-0.05, 0) is 58.0 Å². The van der Waals surface area contributed by atoms with Crippen LogP contribution >= 0.6 is 0 Å². The first-order chi connectivity index (χ1) is 12.4. The van der Waals surface area contributed by atoms with Gasteiger partial charge >= 0.3 is 0 Å². The summed E-state index contributed by atoms with van der Waals surface area (Å²) in [6.45, 7) is 9.54. The molecular formula is C23H29NO2. The highest BCUT2D eigenvalue weighted by Crippen LogP contribution is 2.23. The fourth-order valence-electron chi connectivity index (χ4n) is 2.43. The summed E-state index contributed by atoms with van der Waals surface area (Å²) in [6.07, 6.45) is 5.53. The van der Waals surface area contributed by atoms with Crippen molar-refractivity contribution in [3.8, 4) is 11.8 Å². The third-order valence-corrected chi connectivity index (χ3v) is 3.87. The van der Waals surface area contributed by atoms with E-state index in [1.54, 1.807) is 6.26 Å². The highest BCUT2D eigenvalue weighted by atomic mass is 16.5. The Bertz CT molecular complexity index is 757. The van der Waals surface area contributed by atoms with Gasteiger partial charge in [0, 0.05) is 12.0 Å². The lowest BCUT2D eigenvalue weighted by molar-refractivity contribution is -0.0609. The van der Waals surface area contributed by atoms with Crippen LogP contribution in [0.5, 0.6) is 0 Å². The number of rotatable bonds is 7. The minimum Gasteiger partial charge on any atom is -0.467 e. The predicted octanol–water partition coefficient (Wildman–Crippen LogP) is 5.34. The Labute approximate surface area is 157 Å². The van der Waals surface area contributed by atoms with E-state index in [1.807, 2.05) is 44.3 Å². The lowest BCUT2D eigenvalue weighted by Crippen LogP contribution is -2.27. The summed E-state index contributed by atoms with van der Waals surface area (Å²) in [5, 5.41) is 0. The summed E-state index contributed by atoms with van der Waals surface area (Å²) < 4.78 is 11.7. The van der Waals surface area contributed by atoms with Crippen LogP contribution in [0.3, 0.4) is 0 Å². The summed E-state index contributed by atoms with van der Waals surface area (Å²) in [5.41, 5.74) is 2.25. The van der Waals surface area contributed by atoms with Crippen molar-refractivity contribution in [2.75, 3.05) is 13.6 Å². The van der Waals surface area contributed by atoms with Crippen LogP contribution in [0.4, 0.5) is 0 Å². The van der Waals surface area contributed by atoms with Crippen LogP contribution in [0.15, 0.2) is 59.2 Å². The molecule has 0 aliphatic rings. The normalized spacial score (nSPS) is 13.0. The third-order valence-electron chi connectivity index (χ3n) is 3.87. The molecule has 2 rings (SSSR count). The molecule has 0 N–H and O–H groups in total. The van der Waals surface area contributed by atoms with E-state index >= 15 is 0 Å². The van der Waals surface area contributed by atoms with Gasteiger partial charge in [-0.15, -0.1) is 0 Å². The molecule has 1 heterocycles. The van der Waals surface area contributed by atoms with Gasteiger partial charge < -0.3 is 9.15 Å². The maximum absolute atomic E-state index is 6.19. The van der Waals surface area contributed by atoms with Crippen molar-refractivity contribution in [3.05, 3.63) is 71.7 Å². The molecule has 138 valence electrons. The Morgan fingerprint density at radius 3 is 2.54 bits per heavy atom. The van der Waals surface area contributed by atoms with Gasteiger partial charge in [0.05, 0.1) is 6.26 Å². The highest BCUT2D eigenvalue weighted by Gasteiger charge is 2.17. The molecule has 26 heavy (non-hydrogen) atoms. The highest BCUT2D eigenvalue weighted by molar-refractivity contribution is 5.20. The van der Waals surface area contributed by atoms with E-state index in [0.717, 1.165) is 23.4 Å². The van der Waals surface area contributed by atoms with Gasteiger partial charge in [0.25, 0.3) is 0 Å². The van der Waals surface area contributed by atoms with Crippen molar-refractivity contribution in [2.24, 2.45) is 5.41 Å². The number of ether oxygens (including phenoxy) is 1. The quantitative estimate of drug-likeness (QED) is 0.497. The fraction of sp³-hybridized carbons (Fsp3) is 0.391. The molecule has 0 aliphatic carbocycles. The smallest absolute Gasteiger partial charge is 0.137 e. The van der Waals surface area contributed by atoms with E-state index in [2.05, 4.69) is 55.7 Å². The maximum Gasteiger partial charge on any atom is 0.137 e. The van der Waals surface area contributed by atoms with E-state index in [-0.39, 0.29) is 11.6 Å². The van der Waals surface area contributed by atoms with Crippen LogP contribution in [0.2, 0.25) is 0 Å². The molecule has 2 aromatic rings. The van der Waals surface area contributed by atoms with Gasteiger partial charge in [0.1, 0.15) is 18.6 Å². The number of benzene rings is 1. The number of nitrogens with zero attached hydrogens (tertiary/aromatic N) is 1. The summed E-state index contributed by atoms with van der Waals surface area (Å²) in [5.74, 6) is 7.18. The summed E-state index contributed by atoms with van der Waals surface area (Å²) >= 11 is 0. The molecule has 3 heteroatoms. The largest absolute Gasteiger partial charge is 0.467 e. The number of aryl methyl sites for hydroxylation is 1. The molecular weight excluding hydrogens is 322 g/mol. The second kappa shape index (κ2) is 9.43. The van der Waals surface area contributed by atoms with Crippen LogP contribution in [-0.2, 0) is 11.3 Å². The second-order valence-corrected chi connectivity index (χ2v) is 7.46. The van der Waals surface area contributed by atoms with Crippen molar-refractivity contribution in [1.82, 2.24) is 4.90 Å². The van der Waals surface area contributed by atoms with Gasteiger partial charge in [-0.1, -0.05) is 48.2 Å². The fourth-order valence-corrected chi connectivity index (χ4v) is 2.43. The molecule has 0 bridgehead atoms. The molecule has 0 radical (unpaired) electrons. The average Bonchev–Trinajstić information content (AvgIpc) is 3.00. The molecule has 1 aromatic heterocycles. The Morgan fingerprint density at radius 2 is 1.92 bits per heavy atom. The van der Waals surface area contributed by atoms with Crippen LogP contribution in [0.1, 0.15) is 43.9 Å². The van der Waals surface area contributed by atoms with E-state index < -0.39 is 0 Å². The lowest BCUT2D eigenvalue weighted by Gasteiger charge is -2.27. The number of likely N-dealkylation sites (N-methyl/N-ethyl adjacent to an activating group) is 1. The standard InChI is InChI=1S/C23H29NO2/c1-19-14-17-25-21(19)18-26-22(20-12-8-6-9-13-20)24(5)16-11-7-10-15-23(2,3)4/h6-9,11-14,17,22H,16,18H2,1-5H3/b11-7+. The number of hydrogen-bond donors (Lipinski definition) is 0. The molecule has 0 saturated heterocycles. The second-order valence-electron chi connectivity index (χ2n) is 7.46. The molecule has 1 aromatic carbocycles. The summed E-state index contributed by atoms with van der Waals surface area (Å²) in [6, 6.07) is 12.2. The third kappa shape index (κ3) is 6.55. The molecule has 3 nitrogen and oxygen atoms in total. The zero-order valence-electron chi connectivity index (χ0n) is 16.5. The van der Waals surface area contributed by atoms with E-state index in [0.29, 0.717) is 6.61 Å². The van der Waals surface area contributed by atoms with Crippen LogP contribution in [0, 0.1) is 24.2 Å². The molecule has 0 fully saturated rings. The van der Waals surface area contributed by atoms with Gasteiger partial charge in [-0.2, -0.15) is 0 Å². The summed E-state index contributed by atoms with van der Waals surface area (Å²) in [7, 11) is 2.05. The van der Waals surface area contributed by atoms with Gasteiger partial charge in [-0.25, -0.2) is 0 Å². The van der Waals surface area contributed by atoms with Crippen molar-refractivity contribution in [1.29, 1.82) is 0 Å². The van der Waals surface area contributed by atoms with Gasteiger partial charge in [0.15, 0.2) is 0 Å². The molecule has 1 unspecified atom stereocenters. The molecule has 1 atom stereocenters. The van der Waals surface area contributed by atoms with Gasteiger partial charge in [0.2, 0.25) is 0 Å². The number of furan rings is 1. The topological polar surface area (TPSA) is 25.6 Å². The van der Waals surface area contributed by atoms with E-state index in [9.17, 15) is 0 Å². The van der Waals surface area contributed by atoms with Crippen molar-refractivity contribution in [3.63, 3.8) is 0 Å². The van der Waals surface area contributed by atoms with E-state index in [4.69, 9.17) is 9.15 Å². The molecule has 0 aliphatic heterocycles. The monoisotopic (exact) mass is 351 g/mol. The first kappa shape index (κ1) is 20.0. The Hall–Kier alpha value is -2.28. The van der Waals surface area contributed by atoms with E-state index in [1.165, 1.54) is 0 Å². The Kier molecular flexibility index (Phi) is 7.26. The zero-order chi connectivity index (χ0) is 19.0. The Balaban J connectivity index is 2.04. The van der Waals surface area contributed by atoms with Crippen LogP contribution in [0.25, 0.3) is 0 Å². The average molecular weight is 351 g/mol. The number of hydrogen-bond acceptors (Lipinski definition) is 3. The lowest BCUT2D eigenvalue weighted by atomic mass is 9.98. The molecule has 0 amide bonds. The van der Waals surface area contributed by atoms with Crippen LogP contribution in [-0.4, -0.2) is 18.5 Å². The SMILES string of the molecule is Cc1ccoc1COC(c1ccccc1)N(C)C/C=C/C#CC(C)(C)C. The number of allylic oxidation sites excluding steroid dienone is 1. The minimum absolute atomic E-state index is 0.0207. The maximum atomic E-state index is 6.19. The molecule has 0 saturated carbocycles. The first-order valence-electron chi connectivity index (χ1n) is 8.94. The predicted molar refractivity (Wildman–Crippen MR) is 106 cm³/mol. The zero-order valence-corrected chi connectivity index (χ0v) is 16.5. The van der Waals surface area contributed by atoms with Gasteiger partial charge in [-0.3, -0.25) is 4.90 Å². The van der Waals surface area contributed by atoms with Crippen molar-refractivity contribution in [2.45, 2.75) is 40.5 Å². The first-order valence-corrected chi connectivity index (χ1v) is 8.94. The van der Waals surface area contributed by atoms with Crippen molar-refractivity contribution >= 4 is 0 Å². The van der Waals surface area contributed by atoms with Crippen LogP contribution < -0.4 is 0 Å². The summed E-state index contributed by atoms with van der Waals surface area (Å²) in [4.78, 5) is 2.16. The molecule has 0 spiro atoms. The Morgan fingerprint density at radius 1 is 1.19 bits per heavy atom. The van der Waals surface area contributed by atoms with Crippen molar-refractivity contribution < 1.29 is 9.15 Å². The minimum atomic E-state index is -0.152.